The summed E-state index contributed by atoms with van der Waals surface area (Å²) < 4.78 is 13.4. The summed E-state index contributed by atoms with van der Waals surface area (Å²) in [7, 11) is 0. The van der Waals surface area contributed by atoms with Crippen LogP contribution in [0.3, 0.4) is 0 Å². The lowest BCUT2D eigenvalue weighted by Gasteiger charge is -2.13. The predicted octanol–water partition coefficient (Wildman–Crippen LogP) is 4.17. The van der Waals surface area contributed by atoms with E-state index in [1.165, 1.54) is 17.7 Å². The Bertz CT molecular complexity index is 525. The average molecular weight is 258 g/mol. The van der Waals surface area contributed by atoms with Crippen LogP contribution in [0.2, 0.25) is 0 Å². The summed E-state index contributed by atoms with van der Waals surface area (Å²) >= 11 is 0. The second-order valence-electron chi connectivity index (χ2n) is 4.96. The van der Waals surface area contributed by atoms with E-state index in [0.717, 1.165) is 24.0 Å². The van der Waals surface area contributed by atoms with Crippen molar-refractivity contribution in [3.05, 3.63) is 70.5 Å². The van der Waals surface area contributed by atoms with Gasteiger partial charge in [-0.15, -0.1) is 0 Å². The highest BCUT2D eigenvalue weighted by Gasteiger charge is 2.11. The molecular formula is C17H19FO. The van der Waals surface area contributed by atoms with E-state index in [1.807, 2.05) is 37.3 Å². The molecule has 1 nitrogen and oxygen atoms in total. The number of rotatable bonds is 4. The van der Waals surface area contributed by atoms with E-state index >= 15 is 0 Å². The molecule has 1 atom stereocenters. The topological polar surface area (TPSA) is 20.2 Å². The second kappa shape index (κ2) is 5.98. The number of benzene rings is 2. The van der Waals surface area contributed by atoms with E-state index in [0.29, 0.717) is 5.56 Å². The number of aliphatic hydroxyl groups is 1. The normalized spacial score (nSPS) is 12.4. The zero-order chi connectivity index (χ0) is 13.8. The molecule has 1 unspecified atom stereocenters. The molecular weight excluding hydrogens is 239 g/mol. The lowest BCUT2D eigenvalue weighted by atomic mass is 9.98. The molecule has 0 heterocycles. The summed E-state index contributed by atoms with van der Waals surface area (Å²) in [5, 5.41) is 10.3. The molecule has 0 saturated carbocycles. The van der Waals surface area contributed by atoms with Crippen LogP contribution in [0.4, 0.5) is 4.39 Å². The van der Waals surface area contributed by atoms with Gasteiger partial charge in [-0.25, -0.2) is 4.39 Å². The molecule has 1 N–H and O–H groups in total. The fourth-order valence-corrected chi connectivity index (χ4v) is 2.27. The molecule has 0 aliphatic carbocycles. The smallest absolute Gasteiger partial charge is 0.123 e. The number of aryl methyl sites for hydroxylation is 2. The van der Waals surface area contributed by atoms with Crippen molar-refractivity contribution in [3.8, 4) is 0 Å². The molecule has 0 bridgehead atoms. The lowest BCUT2D eigenvalue weighted by molar-refractivity contribution is 0.219. The first-order chi connectivity index (χ1) is 9.10. The summed E-state index contributed by atoms with van der Waals surface area (Å²) in [6.07, 6.45) is 1.37. The van der Waals surface area contributed by atoms with E-state index in [1.54, 1.807) is 0 Å². The Morgan fingerprint density at radius 2 is 1.74 bits per heavy atom. The van der Waals surface area contributed by atoms with Gasteiger partial charge in [0.1, 0.15) is 11.9 Å². The summed E-state index contributed by atoms with van der Waals surface area (Å²) in [5.74, 6) is -0.309. The highest BCUT2D eigenvalue weighted by molar-refractivity contribution is 5.34. The van der Waals surface area contributed by atoms with Gasteiger partial charge in [-0.05, 0) is 47.7 Å². The zero-order valence-electron chi connectivity index (χ0n) is 11.4. The SMILES string of the molecule is CCCc1ccc(C(O)c2cc(C)cc(F)c2)cc1. The van der Waals surface area contributed by atoms with E-state index in [4.69, 9.17) is 0 Å². The van der Waals surface area contributed by atoms with Gasteiger partial charge in [0.2, 0.25) is 0 Å². The van der Waals surface area contributed by atoms with Gasteiger partial charge in [0, 0.05) is 0 Å². The van der Waals surface area contributed by atoms with Crippen molar-refractivity contribution in [2.75, 3.05) is 0 Å². The van der Waals surface area contributed by atoms with E-state index in [2.05, 4.69) is 6.92 Å². The van der Waals surface area contributed by atoms with Crippen LogP contribution in [0.15, 0.2) is 42.5 Å². The third kappa shape index (κ3) is 3.42. The van der Waals surface area contributed by atoms with Crippen molar-refractivity contribution in [2.24, 2.45) is 0 Å². The van der Waals surface area contributed by atoms with Gasteiger partial charge in [-0.2, -0.15) is 0 Å². The maximum atomic E-state index is 13.4. The highest BCUT2D eigenvalue weighted by Crippen LogP contribution is 2.24. The van der Waals surface area contributed by atoms with Crippen LogP contribution in [0.5, 0.6) is 0 Å². The molecule has 19 heavy (non-hydrogen) atoms. The third-order valence-corrected chi connectivity index (χ3v) is 3.21. The molecule has 0 radical (unpaired) electrons. The maximum absolute atomic E-state index is 13.4. The fraction of sp³-hybridized carbons (Fsp3) is 0.294. The van der Waals surface area contributed by atoms with E-state index in [-0.39, 0.29) is 5.82 Å². The Morgan fingerprint density at radius 3 is 2.32 bits per heavy atom. The number of hydrogen-bond acceptors (Lipinski definition) is 1. The average Bonchev–Trinajstić information content (AvgIpc) is 2.38. The molecule has 2 rings (SSSR count). The largest absolute Gasteiger partial charge is 0.384 e. The number of aliphatic hydroxyl groups excluding tert-OH is 1. The molecule has 2 aromatic carbocycles. The molecule has 0 saturated heterocycles. The Balaban J connectivity index is 2.25. The lowest BCUT2D eigenvalue weighted by Crippen LogP contribution is -2.01. The number of hydrogen-bond donors (Lipinski definition) is 1. The van der Waals surface area contributed by atoms with Crippen molar-refractivity contribution in [3.63, 3.8) is 0 Å². The fourth-order valence-electron chi connectivity index (χ4n) is 2.27. The summed E-state index contributed by atoms with van der Waals surface area (Å²) in [4.78, 5) is 0. The Morgan fingerprint density at radius 1 is 1.05 bits per heavy atom. The Labute approximate surface area is 113 Å². The first-order valence-electron chi connectivity index (χ1n) is 6.64. The van der Waals surface area contributed by atoms with Gasteiger partial charge in [-0.3, -0.25) is 0 Å². The number of halogens is 1. The van der Waals surface area contributed by atoms with Crippen LogP contribution >= 0.6 is 0 Å². The standard InChI is InChI=1S/C17H19FO/c1-3-4-13-5-7-14(8-6-13)17(19)15-9-12(2)10-16(18)11-15/h5-11,17,19H,3-4H2,1-2H3. The van der Waals surface area contributed by atoms with Gasteiger partial charge in [-0.1, -0.05) is 43.7 Å². The van der Waals surface area contributed by atoms with Crippen LogP contribution in [-0.2, 0) is 6.42 Å². The Hall–Kier alpha value is -1.67. The molecule has 0 fully saturated rings. The van der Waals surface area contributed by atoms with Gasteiger partial charge >= 0.3 is 0 Å². The minimum Gasteiger partial charge on any atom is -0.384 e. The van der Waals surface area contributed by atoms with E-state index in [9.17, 15) is 9.50 Å². The van der Waals surface area contributed by atoms with Crippen LogP contribution in [0.25, 0.3) is 0 Å². The first kappa shape index (κ1) is 13.8. The molecule has 0 amide bonds. The highest BCUT2D eigenvalue weighted by atomic mass is 19.1. The molecule has 2 aromatic rings. The van der Waals surface area contributed by atoms with Crippen molar-refractivity contribution >= 4 is 0 Å². The van der Waals surface area contributed by atoms with Gasteiger partial charge in [0.05, 0.1) is 0 Å². The van der Waals surface area contributed by atoms with Crippen LogP contribution < -0.4 is 0 Å². The van der Waals surface area contributed by atoms with Crippen molar-refractivity contribution in [1.82, 2.24) is 0 Å². The minimum atomic E-state index is -0.773. The molecule has 0 aliphatic heterocycles. The third-order valence-electron chi connectivity index (χ3n) is 3.21. The maximum Gasteiger partial charge on any atom is 0.123 e. The molecule has 100 valence electrons. The quantitative estimate of drug-likeness (QED) is 0.872. The van der Waals surface area contributed by atoms with Crippen molar-refractivity contribution in [1.29, 1.82) is 0 Å². The minimum absolute atomic E-state index is 0.309. The predicted molar refractivity (Wildman–Crippen MR) is 75.6 cm³/mol. The van der Waals surface area contributed by atoms with E-state index < -0.39 is 6.10 Å². The molecule has 0 spiro atoms. The Kier molecular flexibility index (Phi) is 4.33. The first-order valence-corrected chi connectivity index (χ1v) is 6.64. The summed E-state index contributed by atoms with van der Waals surface area (Å²) in [6, 6.07) is 12.5. The van der Waals surface area contributed by atoms with Crippen molar-refractivity contribution in [2.45, 2.75) is 32.8 Å². The summed E-state index contributed by atoms with van der Waals surface area (Å²) in [5.41, 5.74) is 3.47. The summed E-state index contributed by atoms with van der Waals surface area (Å²) in [6.45, 7) is 3.96. The van der Waals surface area contributed by atoms with Gasteiger partial charge in [0.15, 0.2) is 0 Å². The van der Waals surface area contributed by atoms with Crippen LogP contribution in [-0.4, -0.2) is 5.11 Å². The molecule has 2 heteroatoms. The monoisotopic (exact) mass is 258 g/mol. The van der Waals surface area contributed by atoms with Gasteiger partial charge < -0.3 is 5.11 Å². The second-order valence-corrected chi connectivity index (χ2v) is 4.96. The van der Waals surface area contributed by atoms with Crippen LogP contribution in [0, 0.1) is 12.7 Å². The molecule has 0 aliphatic rings. The molecule has 0 aromatic heterocycles. The van der Waals surface area contributed by atoms with Gasteiger partial charge in [0.25, 0.3) is 0 Å². The van der Waals surface area contributed by atoms with Crippen molar-refractivity contribution < 1.29 is 9.50 Å². The zero-order valence-corrected chi connectivity index (χ0v) is 11.4. The van der Waals surface area contributed by atoms with Crippen LogP contribution in [0.1, 0.15) is 41.7 Å².